The third-order valence-electron chi connectivity index (χ3n) is 3.57. The van der Waals surface area contributed by atoms with Gasteiger partial charge < -0.3 is 9.84 Å². The van der Waals surface area contributed by atoms with E-state index >= 15 is 0 Å². The van der Waals surface area contributed by atoms with Gasteiger partial charge in [0.15, 0.2) is 0 Å². The minimum Gasteiger partial charge on any atom is -0.487 e. The van der Waals surface area contributed by atoms with Crippen LogP contribution in [-0.4, -0.2) is 10.7 Å². The Morgan fingerprint density at radius 2 is 1.94 bits per heavy atom. The normalized spacial score (nSPS) is 25.8. The van der Waals surface area contributed by atoms with E-state index in [4.69, 9.17) is 27.9 Å². The minimum atomic E-state index is -0.487. The van der Waals surface area contributed by atoms with Crippen LogP contribution in [0.5, 0.6) is 5.75 Å². The Kier molecular flexibility index (Phi) is 2.36. The molecule has 16 heavy (non-hydrogen) atoms. The molecule has 1 heterocycles. The zero-order valence-electron chi connectivity index (χ0n) is 8.67. The van der Waals surface area contributed by atoms with Gasteiger partial charge in [0, 0.05) is 18.1 Å². The molecule has 0 bridgehead atoms. The number of aliphatic hydroxyl groups is 1. The fourth-order valence-corrected chi connectivity index (χ4v) is 2.83. The van der Waals surface area contributed by atoms with Crippen LogP contribution in [0.2, 0.25) is 10.0 Å². The van der Waals surface area contributed by atoms with E-state index < -0.39 is 6.10 Å². The van der Waals surface area contributed by atoms with Gasteiger partial charge in [-0.25, -0.2) is 0 Å². The van der Waals surface area contributed by atoms with Crippen LogP contribution in [0.3, 0.4) is 0 Å². The summed E-state index contributed by atoms with van der Waals surface area (Å²) in [5.41, 5.74) is 0.607. The lowest BCUT2D eigenvalue weighted by Gasteiger charge is -2.46. The first-order valence-electron chi connectivity index (χ1n) is 5.46. The Balaban J connectivity index is 2.04. The molecule has 1 unspecified atom stereocenters. The molecule has 1 saturated carbocycles. The summed E-state index contributed by atoms with van der Waals surface area (Å²) in [4.78, 5) is 0. The average Bonchev–Trinajstić information content (AvgIpc) is 2.18. The molecule has 3 rings (SSSR count). The van der Waals surface area contributed by atoms with Gasteiger partial charge >= 0.3 is 0 Å². The zero-order valence-corrected chi connectivity index (χ0v) is 10.2. The Morgan fingerprint density at radius 1 is 1.25 bits per heavy atom. The molecule has 1 atom stereocenters. The lowest BCUT2D eigenvalue weighted by Crippen LogP contribution is -2.46. The van der Waals surface area contributed by atoms with Gasteiger partial charge in [-0.3, -0.25) is 0 Å². The molecule has 2 nitrogen and oxygen atoms in total. The molecule has 4 heteroatoms. The summed E-state index contributed by atoms with van der Waals surface area (Å²) in [6.07, 6.45) is 3.38. The molecule has 1 fully saturated rings. The second-order valence-corrected chi connectivity index (χ2v) is 5.48. The van der Waals surface area contributed by atoms with Crippen molar-refractivity contribution in [1.29, 1.82) is 0 Å². The van der Waals surface area contributed by atoms with Crippen LogP contribution in [0.4, 0.5) is 0 Å². The van der Waals surface area contributed by atoms with Crippen molar-refractivity contribution in [3.63, 3.8) is 0 Å². The van der Waals surface area contributed by atoms with E-state index in [0.29, 0.717) is 22.2 Å². The van der Waals surface area contributed by atoms with Crippen molar-refractivity contribution in [3.8, 4) is 5.75 Å². The Hall–Kier alpha value is -0.440. The first-order chi connectivity index (χ1) is 7.60. The number of ether oxygens (including phenoxy) is 1. The van der Waals surface area contributed by atoms with Gasteiger partial charge in [0.1, 0.15) is 11.4 Å². The number of hydrogen-bond acceptors (Lipinski definition) is 2. The largest absolute Gasteiger partial charge is 0.487 e. The number of aliphatic hydroxyl groups excluding tert-OH is 1. The maximum Gasteiger partial charge on any atom is 0.127 e. The van der Waals surface area contributed by atoms with Crippen LogP contribution in [0.1, 0.15) is 37.4 Å². The Labute approximate surface area is 104 Å². The van der Waals surface area contributed by atoms with Gasteiger partial charge in [0.25, 0.3) is 0 Å². The molecule has 1 N–H and O–H groups in total. The summed E-state index contributed by atoms with van der Waals surface area (Å²) in [5, 5.41) is 11.0. The second kappa shape index (κ2) is 3.52. The fourth-order valence-electron chi connectivity index (χ4n) is 2.51. The van der Waals surface area contributed by atoms with E-state index in [-0.39, 0.29) is 5.60 Å². The summed E-state index contributed by atoms with van der Waals surface area (Å²) in [5.74, 6) is 0.688. The molecule has 0 amide bonds. The smallest absolute Gasteiger partial charge is 0.127 e. The molecule has 1 aliphatic carbocycles. The van der Waals surface area contributed by atoms with Gasteiger partial charge in [-0.1, -0.05) is 23.2 Å². The van der Waals surface area contributed by atoms with Gasteiger partial charge in [-0.15, -0.1) is 0 Å². The maximum atomic E-state index is 10.1. The molecule has 1 spiro atoms. The van der Waals surface area contributed by atoms with Crippen LogP contribution in [-0.2, 0) is 0 Å². The molecular formula is C12H12Cl2O2. The number of hydrogen-bond donors (Lipinski definition) is 1. The number of benzene rings is 1. The first-order valence-corrected chi connectivity index (χ1v) is 6.21. The second-order valence-electron chi connectivity index (χ2n) is 4.66. The monoisotopic (exact) mass is 258 g/mol. The summed E-state index contributed by atoms with van der Waals surface area (Å²) in [7, 11) is 0. The van der Waals surface area contributed by atoms with E-state index in [1.165, 1.54) is 6.42 Å². The molecule has 1 aromatic rings. The molecule has 0 aromatic heterocycles. The van der Waals surface area contributed by atoms with Crippen LogP contribution >= 0.6 is 23.2 Å². The standard InChI is InChI=1S/C12H12Cl2O2/c13-8-4-7-10(15)6-12(2-1-3-12)16-11(7)5-9(8)14/h4-5,10,15H,1-3,6H2. The highest BCUT2D eigenvalue weighted by atomic mass is 35.5. The lowest BCUT2D eigenvalue weighted by molar-refractivity contribution is -0.0663. The van der Waals surface area contributed by atoms with Crippen molar-refractivity contribution in [2.45, 2.75) is 37.4 Å². The molecule has 0 saturated heterocycles. The van der Waals surface area contributed by atoms with Gasteiger partial charge in [0.05, 0.1) is 16.1 Å². The van der Waals surface area contributed by atoms with E-state index in [0.717, 1.165) is 18.4 Å². The number of rotatable bonds is 0. The van der Waals surface area contributed by atoms with Crippen LogP contribution < -0.4 is 4.74 Å². The van der Waals surface area contributed by atoms with Crippen molar-refractivity contribution < 1.29 is 9.84 Å². The molecular weight excluding hydrogens is 247 g/mol. The molecule has 0 radical (unpaired) electrons. The quantitative estimate of drug-likeness (QED) is 0.769. The summed E-state index contributed by atoms with van der Waals surface area (Å²) < 4.78 is 5.96. The van der Waals surface area contributed by atoms with Crippen molar-refractivity contribution in [2.75, 3.05) is 0 Å². The van der Waals surface area contributed by atoms with Gasteiger partial charge in [-0.05, 0) is 25.3 Å². The van der Waals surface area contributed by atoms with E-state index in [9.17, 15) is 5.11 Å². The highest BCUT2D eigenvalue weighted by Crippen LogP contribution is 2.50. The summed E-state index contributed by atoms with van der Waals surface area (Å²) in [6.45, 7) is 0. The average molecular weight is 259 g/mol. The van der Waals surface area contributed by atoms with Gasteiger partial charge in [0.2, 0.25) is 0 Å². The number of halogens is 2. The van der Waals surface area contributed by atoms with E-state index in [1.807, 2.05) is 0 Å². The first kappa shape index (κ1) is 10.7. The molecule has 86 valence electrons. The lowest BCUT2D eigenvalue weighted by atomic mass is 9.73. The maximum absolute atomic E-state index is 10.1. The fraction of sp³-hybridized carbons (Fsp3) is 0.500. The number of fused-ring (bicyclic) bond motifs is 1. The van der Waals surface area contributed by atoms with Crippen molar-refractivity contribution in [2.24, 2.45) is 0 Å². The van der Waals surface area contributed by atoms with Crippen molar-refractivity contribution >= 4 is 23.2 Å². The molecule has 1 aliphatic heterocycles. The highest BCUT2D eigenvalue weighted by molar-refractivity contribution is 6.42. The minimum absolute atomic E-state index is 0.149. The summed E-state index contributed by atoms with van der Waals surface area (Å²) in [6, 6.07) is 3.41. The summed E-state index contributed by atoms with van der Waals surface area (Å²) >= 11 is 11.9. The van der Waals surface area contributed by atoms with Crippen molar-refractivity contribution in [1.82, 2.24) is 0 Å². The highest BCUT2D eigenvalue weighted by Gasteiger charge is 2.45. The van der Waals surface area contributed by atoms with Crippen LogP contribution in [0.15, 0.2) is 12.1 Å². The molecule has 1 aromatic carbocycles. The van der Waals surface area contributed by atoms with Crippen LogP contribution in [0.25, 0.3) is 0 Å². The Bertz CT molecular complexity index is 441. The van der Waals surface area contributed by atoms with Crippen molar-refractivity contribution in [3.05, 3.63) is 27.7 Å². The third-order valence-corrected chi connectivity index (χ3v) is 4.29. The zero-order chi connectivity index (χ0) is 11.3. The van der Waals surface area contributed by atoms with Gasteiger partial charge in [-0.2, -0.15) is 0 Å². The third kappa shape index (κ3) is 1.52. The SMILES string of the molecule is OC1CC2(CCC2)Oc2cc(Cl)c(Cl)cc21. The predicted octanol–water partition coefficient (Wildman–Crippen LogP) is 3.73. The van der Waals surface area contributed by atoms with E-state index in [2.05, 4.69) is 0 Å². The Morgan fingerprint density at radius 3 is 2.56 bits per heavy atom. The van der Waals surface area contributed by atoms with Crippen LogP contribution in [0, 0.1) is 0 Å². The predicted molar refractivity (Wildman–Crippen MR) is 63.2 cm³/mol. The molecule has 2 aliphatic rings. The topological polar surface area (TPSA) is 29.5 Å². The van der Waals surface area contributed by atoms with E-state index in [1.54, 1.807) is 12.1 Å².